The molecular weight excluding hydrogens is 272 g/mol. The van der Waals surface area contributed by atoms with Gasteiger partial charge < -0.3 is 10.6 Å². The Morgan fingerprint density at radius 1 is 1.20 bits per heavy atom. The van der Waals surface area contributed by atoms with Gasteiger partial charge in [-0.15, -0.1) is 0 Å². The molecular formula is C16H17ClN2O. The highest BCUT2D eigenvalue weighted by Crippen LogP contribution is 2.22. The van der Waals surface area contributed by atoms with Crippen molar-refractivity contribution >= 4 is 28.9 Å². The van der Waals surface area contributed by atoms with E-state index in [1.165, 1.54) is 0 Å². The number of carbonyl (C=O) groups is 1. The Kier molecular flexibility index (Phi) is 4.30. The van der Waals surface area contributed by atoms with Crippen LogP contribution in [0.2, 0.25) is 5.02 Å². The minimum absolute atomic E-state index is 0.0357. The van der Waals surface area contributed by atoms with E-state index in [0.717, 1.165) is 11.3 Å². The highest BCUT2D eigenvalue weighted by atomic mass is 35.5. The van der Waals surface area contributed by atoms with Crippen LogP contribution in [0.25, 0.3) is 0 Å². The summed E-state index contributed by atoms with van der Waals surface area (Å²) >= 11 is 5.93. The van der Waals surface area contributed by atoms with Crippen molar-refractivity contribution in [1.29, 1.82) is 0 Å². The normalized spacial score (nSPS) is 10.3. The minimum atomic E-state index is -0.0357. The summed E-state index contributed by atoms with van der Waals surface area (Å²) in [5, 5.41) is 0.634. The topological polar surface area (TPSA) is 46.3 Å². The number of benzene rings is 2. The summed E-state index contributed by atoms with van der Waals surface area (Å²) in [6.45, 7) is 4.42. The number of amides is 1. The van der Waals surface area contributed by atoms with Crippen molar-refractivity contribution < 1.29 is 4.79 Å². The summed E-state index contributed by atoms with van der Waals surface area (Å²) in [6, 6.07) is 12.6. The van der Waals surface area contributed by atoms with Gasteiger partial charge in [0.25, 0.3) is 5.91 Å². The van der Waals surface area contributed by atoms with Gasteiger partial charge in [0.2, 0.25) is 0 Å². The summed E-state index contributed by atoms with van der Waals surface area (Å²) in [5.41, 5.74) is 8.72. The first-order valence-corrected chi connectivity index (χ1v) is 6.84. The standard InChI is InChI=1S/C16H17ClN2O/c1-3-19(14-7-5-13(18)6-8-14)16(20)15-9-4-12(17)10-11(15)2/h4-10H,3,18H2,1-2H3. The van der Waals surface area contributed by atoms with Crippen molar-refractivity contribution in [3.8, 4) is 0 Å². The largest absolute Gasteiger partial charge is 0.399 e. The summed E-state index contributed by atoms with van der Waals surface area (Å²) in [5.74, 6) is -0.0357. The first-order valence-electron chi connectivity index (χ1n) is 6.46. The predicted octanol–water partition coefficient (Wildman–Crippen LogP) is 3.90. The number of nitrogen functional groups attached to an aromatic ring is 1. The molecule has 0 radical (unpaired) electrons. The molecule has 0 heterocycles. The fourth-order valence-electron chi connectivity index (χ4n) is 2.11. The van der Waals surface area contributed by atoms with Gasteiger partial charge in [0, 0.05) is 28.5 Å². The van der Waals surface area contributed by atoms with E-state index in [-0.39, 0.29) is 5.91 Å². The molecule has 0 aliphatic rings. The summed E-state index contributed by atoms with van der Waals surface area (Å²) in [7, 11) is 0. The third-order valence-electron chi connectivity index (χ3n) is 3.19. The van der Waals surface area contributed by atoms with Crippen LogP contribution in [0.1, 0.15) is 22.8 Å². The third-order valence-corrected chi connectivity index (χ3v) is 3.42. The Morgan fingerprint density at radius 3 is 2.40 bits per heavy atom. The lowest BCUT2D eigenvalue weighted by molar-refractivity contribution is 0.0988. The van der Waals surface area contributed by atoms with Crippen molar-refractivity contribution in [3.63, 3.8) is 0 Å². The Balaban J connectivity index is 2.36. The second-order valence-corrected chi connectivity index (χ2v) is 5.04. The van der Waals surface area contributed by atoms with E-state index < -0.39 is 0 Å². The highest BCUT2D eigenvalue weighted by molar-refractivity contribution is 6.30. The molecule has 0 bridgehead atoms. The lowest BCUT2D eigenvalue weighted by Crippen LogP contribution is -2.31. The fraction of sp³-hybridized carbons (Fsp3) is 0.188. The number of hydrogen-bond donors (Lipinski definition) is 1. The molecule has 0 aliphatic carbocycles. The van der Waals surface area contributed by atoms with E-state index in [4.69, 9.17) is 17.3 Å². The second kappa shape index (κ2) is 5.97. The molecule has 2 N–H and O–H groups in total. The van der Waals surface area contributed by atoms with E-state index in [9.17, 15) is 4.79 Å². The van der Waals surface area contributed by atoms with Crippen LogP contribution in [0, 0.1) is 6.92 Å². The third kappa shape index (κ3) is 2.94. The average molecular weight is 289 g/mol. The summed E-state index contributed by atoms with van der Waals surface area (Å²) in [4.78, 5) is 14.4. The number of carbonyl (C=O) groups excluding carboxylic acids is 1. The minimum Gasteiger partial charge on any atom is -0.399 e. The van der Waals surface area contributed by atoms with E-state index in [0.29, 0.717) is 22.8 Å². The smallest absolute Gasteiger partial charge is 0.258 e. The summed E-state index contributed by atoms with van der Waals surface area (Å²) in [6.07, 6.45) is 0. The molecule has 0 unspecified atom stereocenters. The van der Waals surface area contributed by atoms with Gasteiger partial charge in [-0.3, -0.25) is 4.79 Å². The molecule has 0 spiro atoms. The molecule has 3 nitrogen and oxygen atoms in total. The molecule has 20 heavy (non-hydrogen) atoms. The molecule has 104 valence electrons. The average Bonchev–Trinajstić information content (AvgIpc) is 2.41. The first kappa shape index (κ1) is 14.4. The van der Waals surface area contributed by atoms with E-state index >= 15 is 0 Å². The quantitative estimate of drug-likeness (QED) is 0.871. The lowest BCUT2D eigenvalue weighted by atomic mass is 10.1. The molecule has 4 heteroatoms. The van der Waals surface area contributed by atoms with Crippen LogP contribution in [0.5, 0.6) is 0 Å². The van der Waals surface area contributed by atoms with Gasteiger partial charge in [-0.05, 0) is 61.9 Å². The van der Waals surface area contributed by atoms with Gasteiger partial charge in [-0.25, -0.2) is 0 Å². The van der Waals surface area contributed by atoms with Crippen LogP contribution in [0.15, 0.2) is 42.5 Å². The zero-order chi connectivity index (χ0) is 14.7. The number of anilines is 2. The van der Waals surface area contributed by atoms with Gasteiger partial charge in [0.05, 0.1) is 0 Å². The number of hydrogen-bond acceptors (Lipinski definition) is 2. The van der Waals surface area contributed by atoms with Crippen molar-refractivity contribution in [2.45, 2.75) is 13.8 Å². The monoisotopic (exact) mass is 288 g/mol. The summed E-state index contributed by atoms with van der Waals surface area (Å²) < 4.78 is 0. The van der Waals surface area contributed by atoms with Gasteiger partial charge in [-0.2, -0.15) is 0 Å². The van der Waals surface area contributed by atoms with Crippen molar-refractivity contribution in [3.05, 3.63) is 58.6 Å². The molecule has 0 fully saturated rings. The zero-order valence-corrected chi connectivity index (χ0v) is 12.3. The molecule has 2 aromatic carbocycles. The Hall–Kier alpha value is -2.00. The van der Waals surface area contributed by atoms with Gasteiger partial charge in [0.15, 0.2) is 0 Å². The van der Waals surface area contributed by atoms with Crippen LogP contribution in [0.4, 0.5) is 11.4 Å². The molecule has 0 atom stereocenters. The molecule has 2 rings (SSSR count). The zero-order valence-electron chi connectivity index (χ0n) is 11.6. The van der Waals surface area contributed by atoms with Crippen LogP contribution < -0.4 is 10.6 Å². The number of halogens is 1. The van der Waals surface area contributed by atoms with Crippen LogP contribution in [-0.4, -0.2) is 12.5 Å². The highest BCUT2D eigenvalue weighted by Gasteiger charge is 2.17. The van der Waals surface area contributed by atoms with E-state index in [1.807, 2.05) is 26.0 Å². The molecule has 2 aromatic rings. The maximum atomic E-state index is 12.6. The number of nitrogens with two attached hydrogens (primary N) is 1. The van der Waals surface area contributed by atoms with Crippen molar-refractivity contribution in [2.24, 2.45) is 0 Å². The van der Waals surface area contributed by atoms with Crippen molar-refractivity contribution in [2.75, 3.05) is 17.2 Å². The Labute approximate surface area is 124 Å². The van der Waals surface area contributed by atoms with E-state index in [1.54, 1.807) is 35.2 Å². The van der Waals surface area contributed by atoms with Gasteiger partial charge in [-0.1, -0.05) is 11.6 Å². The predicted molar refractivity (Wildman–Crippen MR) is 84.4 cm³/mol. The molecule has 0 aliphatic heterocycles. The maximum Gasteiger partial charge on any atom is 0.258 e. The number of aryl methyl sites for hydroxylation is 1. The van der Waals surface area contributed by atoms with E-state index in [2.05, 4.69) is 0 Å². The molecule has 0 aromatic heterocycles. The molecule has 0 saturated heterocycles. The van der Waals surface area contributed by atoms with Gasteiger partial charge >= 0.3 is 0 Å². The maximum absolute atomic E-state index is 12.6. The van der Waals surface area contributed by atoms with Crippen LogP contribution >= 0.6 is 11.6 Å². The second-order valence-electron chi connectivity index (χ2n) is 4.60. The van der Waals surface area contributed by atoms with Crippen LogP contribution in [-0.2, 0) is 0 Å². The van der Waals surface area contributed by atoms with Crippen LogP contribution in [0.3, 0.4) is 0 Å². The number of nitrogens with zero attached hydrogens (tertiary/aromatic N) is 1. The Bertz CT molecular complexity index is 623. The SMILES string of the molecule is CCN(C(=O)c1ccc(Cl)cc1C)c1ccc(N)cc1. The lowest BCUT2D eigenvalue weighted by Gasteiger charge is -2.22. The first-order chi connectivity index (χ1) is 9.52. The molecule has 1 amide bonds. The molecule has 0 saturated carbocycles. The van der Waals surface area contributed by atoms with Gasteiger partial charge in [0.1, 0.15) is 0 Å². The fourth-order valence-corrected chi connectivity index (χ4v) is 2.34. The number of rotatable bonds is 3. The van der Waals surface area contributed by atoms with Crippen molar-refractivity contribution in [1.82, 2.24) is 0 Å². The Morgan fingerprint density at radius 2 is 1.85 bits per heavy atom.